The molecule has 0 heterocycles. The summed E-state index contributed by atoms with van der Waals surface area (Å²) in [5.41, 5.74) is 2.30. The number of hydrogen-bond acceptors (Lipinski definition) is 2. The third kappa shape index (κ3) is 4.98. The Morgan fingerprint density at radius 3 is 2.67 bits per heavy atom. The molecule has 0 saturated heterocycles. The van der Waals surface area contributed by atoms with E-state index in [-0.39, 0.29) is 11.9 Å². The predicted molar refractivity (Wildman–Crippen MR) is 75.1 cm³/mol. The molecule has 0 aliphatic carbocycles. The molecule has 0 amide bonds. The lowest BCUT2D eigenvalue weighted by molar-refractivity contribution is 0.291. The van der Waals surface area contributed by atoms with Gasteiger partial charge in [-0.25, -0.2) is 4.39 Å². The molecule has 0 bridgehead atoms. The average molecular weight is 250 g/mol. The van der Waals surface area contributed by atoms with Crippen LogP contribution < -0.4 is 5.32 Å². The highest BCUT2D eigenvalue weighted by atomic mass is 19.1. The summed E-state index contributed by atoms with van der Waals surface area (Å²) in [7, 11) is 4.02. The van der Waals surface area contributed by atoms with Gasteiger partial charge in [0.25, 0.3) is 0 Å². The van der Waals surface area contributed by atoms with Gasteiger partial charge in [0.1, 0.15) is 5.82 Å². The summed E-state index contributed by atoms with van der Waals surface area (Å²) in [5.74, 6) is -0.177. The number of rotatable bonds is 6. The molecule has 0 aromatic heterocycles. The summed E-state index contributed by atoms with van der Waals surface area (Å²) in [4.78, 5) is 2.10. The van der Waals surface area contributed by atoms with Crippen molar-refractivity contribution in [2.45, 2.75) is 19.9 Å². The Balaban J connectivity index is 2.63. The second-order valence-electron chi connectivity index (χ2n) is 4.97. The van der Waals surface area contributed by atoms with Gasteiger partial charge in [-0.05, 0) is 45.6 Å². The van der Waals surface area contributed by atoms with E-state index in [1.54, 1.807) is 12.1 Å². The molecule has 18 heavy (non-hydrogen) atoms. The van der Waals surface area contributed by atoms with E-state index in [9.17, 15) is 4.39 Å². The Labute approximate surface area is 110 Å². The fourth-order valence-corrected chi connectivity index (χ4v) is 1.81. The summed E-state index contributed by atoms with van der Waals surface area (Å²) in [6, 6.07) is 7.00. The average Bonchev–Trinajstić information content (AvgIpc) is 2.27. The van der Waals surface area contributed by atoms with Crippen LogP contribution in [0.4, 0.5) is 4.39 Å². The van der Waals surface area contributed by atoms with Gasteiger partial charge in [-0.15, -0.1) is 0 Å². The van der Waals surface area contributed by atoms with E-state index < -0.39 is 0 Å². The van der Waals surface area contributed by atoms with E-state index >= 15 is 0 Å². The van der Waals surface area contributed by atoms with E-state index in [4.69, 9.17) is 0 Å². The molecule has 0 aliphatic rings. The summed E-state index contributed by atoms with van der Waals surface area (Å²) in [5, 5.41) is 3.38. The van der Waals surface area contributed by atoms with Crippen molar-refractivity contribution < 1.29 is 4.39 Å². The molecule has 2 nitrogen and oxygen atoms in total. The Kier molecular flexibility index (Phi) is 6.02. The van der Waals surface area contributed by atoms with E-state index in [1.165, 1.54) is 11.6 Å². The van der Waals surface area contributed by atoms with Crippen molar-refractivity contribution in [2.24, 2.45) is 0 Å². The summed E-state index contributed by atoms with van der Waals surface area (Å²) < 4.78 is 13.2. The Morgan fingerprint density at radius 1 is 1.39 bits per heavy atom. The highest BCUT2D eigenvalue weighted by Crippen LogP contribution is 2.18. The van der Waals surface area contributed by atoms with Crippen molar-refractivity contribution >= 4 is 0 Å². The van der Waals surface area contributed by atoms with Gasteiger partial charge in [0, 0.05) is 19.1 Å². The topological polar surface area (TPSA) is 15.3 Å². The number of likely N-dealkylation sites (N-methyl/N-ethyl adjacent to an activating group) is 1. The van der Waals surface area contributed by atoms with Crippen LogP contribution in [0.5, 0.6) is 0 Å². The molecular formula is C15H23FN2. The van der Waals surface area contributed by atoms with Crippen molar-refractivity contribution in [3.63, 3.8) is 0 Å². The molecule has 1 rings (SSSR count). The smallest absolute Gasteiger partial charge is 0.123 e. The SMILES string of the molecule is CC(C)=CCNCC(c1cccc(F)c1)N(C)C. The largest absolute Gasteiger partial charge is 0.311 e. The molecule has 0 radical (unpaired) electrons. The predicted octanol–water partition coefficient (Wildman–Crippen LogP) is 2.98. The zero-order valence-electron chi connectivity index (χ0n) is 11.7. The number of halogens is 1. The molecule has 1 aromatic rings. The lowest BCUT2D eigenvalue weighted by atomic mass is 10.1. The van der Waals surface area contributed by atoms with Gasteiger partial charge >= 0.3 is 0 Å². The summed E-state index contributed by atoms with van der Waals surface area (Å²) in [6.07, 6.45) is 2.15. The molecule has 0 saturated carbocycles. The van der Waals surface area contributed by atoms with Crippen molar-refractivity contribution in [1.29, 1.82) is 0 Å². The maximum Gasteiger partial charge on any atom is 0.123 e. The van der Waals surface area contributed by atoms with Crippen LogP contribution in [-0.2, 0) is 0 Å². The van der Waals surface area contributed by atoms with Crippen molar-refractivity contribution in [3.05, 3.63) is 47.3 Å². The molecule has 100 valence electrons. The van der Waals surface area contributed by atoms with Crippen LogP contribution >= 0.6 is 0 Å². The minimum absolute atomic E-state index is 0.177. The van der Waals surface area contributed by atoms with Gasteiger partial charge in [0.2, 0.25) is 0 Å². The van der Waals surface area contributed by atoms with E-state index in [2.05, 4.69) is 30.1 Å². The molecule has 0 spiro atoms. The zero-order chi connectivity index (χ0) is 13.5. The molecule has 3 heteroatoms. The second-order valence-corrected chi connectivity index (χ2v) is 4.97. The molecule has 1 N–H and O–H groups in total. The number of allylic oxidation sites excluding steroid dienone is 1. The van der Waals surface area contributed by atoms with Gasteiger partial charge in [0.05, 0.1) is 0 Å². The summed E-state index contributed by atoms with van der Waals surface area (Å²) >= 11 is 0. The van der Waals surface area contributed by atoms with Gasteiger partial charge in [0.15, 0.2) is 0 Å². The molecule has 0 fully saturated rings. The van der Waals surface area contributed by atoms with Gasteiger partial charge < -0.3 is 10.2 Å². The lowest BCUT2D eigenvalue weighted by Crippen LogP contribution is -2.31. The minimum Gasteiger partial charge on any atom is -0.311 e. The highest BCUT2D eigenvalue weighted by Gasteiger charge is 2.13. The first-order valence-corrected chi connectivity index (χ1v) is 6.26. The van der Waals surface area contributed by atoms with E-state index in [1.807, 2.05) is 20.2 Å². The molecule has 0 aliphatic heterocycles. The fraction of sp³-hybridized carbons (Fsp3) is 0.467. The zero-order valence-corrected chi connectivity index (χ0v) is 11.7. The van der Waals surface area contributed by atoms with Crippen LogP contribution in [0.25, 0.3) is 0 Å². The molecule has 1 atom stereocenters. The lowest BCUT2D eigenvalue weighted by Gasteiger charge is -2.25. The van der Waals surface area contributed by atoms with Crippen LogP contribution in [0, 0.1) is 5.82 Å². The van der Waals surface area contributed by atoms with Crippen LogP contribution in [-0.4, -0.2) is 32.1 Å². The number of hydrogen-bond donors (Lipinski definition) is 1. The Bertz CT molecular complexity index is 395. The van der Waals surface area contributed by atoms with Crippen LogP contribution in [0.15, 0.2) is 35.9 Å². The third-order valence-corrected chi connectivity index (χ3v) is 2.85. The van der Waals surface area contributed by atoms with Gasteiger partial charge in [-0.3, -0.25) is 0 Å². The van der Waals surface area contributed by atoms with Crippen molar-refractivity contribution in [3.8, 4) is 0 Å². The van der Waals surface area contributed by atoms with Crippen LogP contribution in [0.2, 0.25) is 0 Å². The minimum atomic E-state index is -0.177. The first-order chi connectivity index (χ1) is 8.50. The molecular weight excluding hydrogens is 227 g/mol. The number of nitrogens with one attached hydrogen (secondary N) is 1. The molecule has 1 unspecified atom stereocenters. The van der Waals surface area contributed by atoms with Crippen LogP contribution in [0.3, 0.4) is 0 Å². The second kappa shape index (κ2) is 7.29. The monoisotopic (exact) mass is 250 g/mol. The quantitative estimate of drug-likeness (QED) is 0.617. The van der Waals surface area contributed by atoms with E-state index in [0.29, 0.717) is 0 Å². The maximum absolute atomic E-state index is 13.2. The first kappa shape index (κ1) is 14.9. The highest BCUT2D eigenvalue weighted by molar-refractivity contribution is 5.20. The molecule has 1 aromatic carbocycles. The standard InChI is InChI=1S/C15H23FN2/c1-12(2)8-9-17-11-15(18(3)4)13-6-5-7-14(16)10-13/h5-8,10,15,17H,9,11H2,1-4H3. The number of nitrogens with zero attached hydrogens (tertiary/aromatic N) is 1. The van der Waals surface area contributed by atoms with Crippen molar-refractivity contribution in [1.82, 2.24) is 10.2 Å². The fourth-order valence-electron chi connectivity index (χ4n) is 1.81. The van der Waals surface area contributed by atoms with Crippen LogP contribution in [0.1, 0.15) is 25.5 Å². The Hall–Kier alpha value is -1.19. The third-order valence-electron chi connectivity index (χ3n) is 2.85. The summed E-state index contributed by atoms with van der Waals surface area (Å²) in [6.45, 7) is 5.82. The maximum atomic E-state index is 13.2. The van der Waals surface area contributed by atoms with Crippen molar-refractivity contribution in [2.75, 3.05) is 27.2 Å². The Morgan fingerprint density at radius 2 is 2.11 bits per heavy atom. The first-order valence-electron chi connectivity index (χ1n) is 6.26. The van der Waals surface area contributed by atoms with Gasteiger partial charge in [-0.2, -0.15) is 0 Å². The number of benzene rings is 1. The van der Waals surface area contributed by atoms with E-state index in [0.717, 1.165) is 18.7 Å². The normalized spacial score (nSPS) is 12.6. The van der Waals surface area contributed by atoms with Gasteiger partial charge in [-0.1, -0.05) is 23.8 Å².